The number of methoxy groups -OCH3 is 1. The van der Waals surface area contributed by atoms with E-state index in [1.165, 1.54) is 0 Å². The molecule has 1 N–H and O–H groups in total. The van der Waals surface area contributed by atoms with Crippen molar-refractivity contribution < 1.29 is 9.15 Å². The molecule has 0 aromatic carbocycles. The molecule has 0 fully saturated rings. The van der Waals surface area contributed by atoms with Crippen LogP contribution in [-0.2, 0) is 6.54 Å². The summed E-state index contributed by atoms with van der Waals surface area (Å²) >= 11 is 0. The Bertz CT molecular complexity index is 454. The van der Waals surface area contributed by atoms with Crippen molar-refractivity contribution in [1.82, 2.24) is 9.97 Å². The summed E-state index contributed by atoms with van der Waals surface area (Å²) in [7, 11) is 1.58. The summed E-state index contributed by atoms with van der Waals surface area (Å²) in [6.07, 6.45) is 1.64. The molecule has 5 nitrogen and oxygen atoms in total. The first-order chi connectivity index (χ1) is 7.78. The Labute approximate surface area is 93.5 Å². The van der Waals surface area contributed by atoms with Crippen LogP contribution in [0.1, 0.15) is 11.6 Å². The lowest BCUT2D eigenvalue weighted by atomic mass is 10.4. The van der Waals surface area contributed by atoms with Gasteiger partial charge in [0.05, 0.1) is 19.9 Å². The topological polar surface area (TPSA) is 60.2 Å². The van der Waals surface area contributed by atoms with Gasteiger partial charge in [-0.15, -0.1) is 0 Å². The molecule has 16 heavy (non-hydrogen) atoms. The van der Waals surface area contributed by atoms with E-state index >= 15 is 0 Å². The summed E-state index contributed by atoms with van der Waals surface area (Å²) < 4.78 is 10.3. The summed E-state index contributed by atoms with van der Waals surface area (Å²) in [5.41, 5.74) is 0. The number of hydrogen-bond acceptors (Lipinski definition) is 5. The molecule has 2 aromatic heterocycles. The number of anilines is 1. The quantitative estimate of drug-likeness (QED) is 0.852. The van der Waals surface area contributed by atoms with Gasteiger partial charge in [-0.2, -0.15) is 4.98 Å². The van der Waals surface area contributed by atoms with E-state index in [1.807, 2.05) is 19.1 Å². The number of hydrogen-bond donors (Lipinski definition) is 1. The molecular weight excluding hydrogens is 206 g/mol. The largest absolute Gasteiger partial charge is 0.481 e. The van der Waals surface area contributed by atoms with E-state index < -0.39 is 0 Å². The van der Waals surface area contributed by atoms with E-state index in [0.717, 1.165) is 11.6 Å². The Morgan fingerprint density at radius 2 is 2.31 bits per heavy atom. The first-order valence-electron chi connectivity index (χ1n) is 4.94. The zero-order valence-electron chi connectivity index (χ0n) is 9.23. The highest BCUT2D eigenvalue weighted by Gasteiger charge is 2.02. The van der Waals surface area contributed by atoms with Crippen LogP contribution in [0.4, 0.5) is 5.82 Å². The molecule has 5 heteroatoms. The highest BCUT2D eigenvalue weighted by Crippen LogP contribution is 2.13. The summed E-state index contributed by atoms with van der Waals surface area (Å²) in [6.45, 7) is 2.41. The van der Waals surface area contributed by atoms with Gasteiger partial charge >= 0.3 is 0 Å². The lowest BCUT2D eigenvalue weighted by molar-refractivity contribution is 0.396. The molecule has 0 saturated carbocycles. The van der Waals surface area contributed by atoms with Gasteiger partial charge in [-0.3, -0.25) is 0 Å². The second kappa shape index (κ2) is 4.65. The van der Waals surface area contributed by atoms with Gasteiger partial charge < -0.3 is 14.5 Å². The maximum absolute atomic E-state index is 5.20. The Morgan fingerprint density at radius 3 is 3.00 bits per heavy atom. The predicted octanol–water partition coefficient (Wildman–Crippen LogP) is 2.00. The van der Waals surface area contributed by atoms with Crippen LogP contribution < -0.4 is 10.1 Å². The van der Waals surface area contributed by atoms with Gasteiger partial charge in [0.15, 0.2) is 0 Å². The van der Waals surface area contributed by atoms with E-state index in [4.69, 9.17) is 9.15 Å². The van der Waals surface area contributed by atoms with E-state index in [9.17, 15) is 0 Å². The summed E-state index contributed by atoms with van der Waals surface area (Å²) in [5, 5.41) is 3.14. The third kappa shape index (κ3) is 2.50. The average Bonchev–Trinajstić information content (AvgIpc) is 2.78. The minimum Gasteiger partial charge on any atom is -0.481 e. The molecule has 0 spiro atoms. The third-order valence-corrected chi connectivity index (χ3v) is 2.05. The van der Waals surface area contributed by atoms with E-state index in [2.05, 4.69) is 15.3 Å². The van der Waals surface area contributed by atoms with E-state index in [0.29, 0.717) is 18.2 Å². The van der Waals surface area contributed by atoms with Crippen LogP contribution in [0, 0.1) is 6.92 Å². The van der Waals surface area contributed by atoms with Crippen molar-refractivity contribution in [3.05, 3.63) is 36.0 Å². The van der Waals surface area contributed by atoms with Crippen molar-refractivity contribution in [3.8, 4) is 5.88 Å². The maximum atomic E-state index is 5.20. The zero-order valence-corrected chi connectivity index (χ0v) is 9.23. The number of rotatable bonds is 4. The fourth-order valence-corrected chi connectivity index (χ4v) is 1.33. The smallest absolute Gasteiger partial charge is 0.218 e. The Kier molecular flexibility index (Phi) is 3.05. The van der Waals surface area contributed by atoms with Gasteiger partial charge in [-0.1, -0.05) is 0 Å². The number of ether oxygens (including phenoxy) is 1. The molecule has 0 amide bonds. The summed E-state index contributed by atoms with van der Waals surface area (Å²) in [6, 6.07) is 5.50. The molecule has 0 atom stereocenters. The van der Waals surface area contributed by atoms with Crippen LogP contribution in [-0.4, -0.2) is 17.1 Å². The SMILES string of the molecule is COc1cc(NCc2ccco2)nc(C)n1. The standard InChI is InChI=1S/C11H13N3O2/c1-8-13-10(6-11(14-8)15-2)12-7-9-4-3-5-16-9/h3-6H,7H2,1-2H3,(H,12,13,14). The zero-order chi connectivity index (χ0) is 11.4. The van der Waals surface area contributed by atoms with Crippen LogP contribution >= 0.6 is 0 Å². The van der Waals surface area contributed by atoms with Crippen molar-refractivity contribution in [2.45, 2.75) is 13.5 Å². The van der Waals surface area contributed by atoms with E-state index in [-0.39, 0.29) is 0 Å². The first-order valence-corrected chi connectivity index (χ1v) is 4.94. The molecule has 2 heterocycles. The molecule has 0 aliphatic carbocycles. The minimum atomic E-state index is 0.550. The van der Waals surface area contributed by atoms with Crippen LogP contribution in [0.5, 0.6) is 5.88 Å². The predicted molar refractivity (Wildman–Crippen MR) is 59.4 cm³/mol. The average molecular weight is 219 g/mol. The Hall–Kier alpha value is -2.04. The number of furan rings is 1. The summed E-state index contributed by atoms with van der Waals surface area (Å²) in [5.74, 6) is 2.80. The fraction of sp³-hybridized carbons (Fsp3) is 0.273. The Morgan fingerprint density at radius 1 is 1.44 bits per heavy atom. The molecule has 0 aliphatic rings. The molecule has 84 valence electrons. The lowest BCUT2D eigenvalue weighted by Crippen LogP contribution is -2.03. The molecular formula is C11H13N3O2. The third-order valence-electron chi connectivity index (χ3n) is 2.05. The first kappa shape index (κ1) is 10.5. The fourth-order valence-electron chi connectivity index (χ4n) is 1.33. The van der Waals surface area contributed by atoms with Crippen molar-refractivity contribution in [3.63, 3.8) is 0 Å². The van der Waals surface area contributed by atoms with Crippen molar-refractivity contribution in [1.29, 1.82) is 0 Å². The number of nitrogens with zero attached hydrogens (tertiary/aromatic N) is 2. The highest BCUT2D eigenvalue weighted by molar-refractivity contribution is 5.38. The van der Waals surface area contributed by atoms with Gasteiger partial charge in [-0.25, -0.2) is 4.98 Å². The van der Waals surface area contributed by atoms with Crippen LogP contribution in [0.2, 0.25) is 0 Å². The molecule has 0 radical (unpaired) electrons. The molecule has 0 unspecified atom stereocenters. The normalized spacial score (nSPS) is 10.1. The van der Waals surface area contributed by atoms with Gasteiger partial charge in [0, 0.05) is 6.07 Å². The van der Waals surface area contributed by atoms with Gasteiger partial charge in [0.2, 0.25) is 5.88 Å². The van der Waals surface area contributed by atoms with Crippen molar-refractivity contribution in [2.75, 3.05) is 12.4 Å². The maximum Gasteiger partial charge on any atom is 0.218 e. The second-order valence-corrected chi connectivity index (χ2v) is 3.28. The molecule has 0 aliphatic heterocycles. The lowest BCUT2D eigenvalue weighted by Gasteiger charge is -2.06. The Balaban J connectivity index is 2.06. The van der Waals surface area contributed by atoms with Crippen molar-refractivity contribution >= 4 is 5.82 Å². The molecule has 0 saturated heterocycles. The van der Waals surface area contributed by atoms with Crippen LogP contribution in [0.3, 0.4) is 0 Å². The van der Waals surface area contributed by atoms with E-state index in [1.54, 1.807) is 19.4 Å². The molecule has 0 bridgehead atoms. The van der Waals surface area contributed by atoms with Crippen molar-refractivity contribution in [2.24, 2.45) is 0 Å². The number of aromatic nitrogens is 2. The number of aryl methyl sites for hydroxylation is 1. The highest BCUT2D eigenvalue weighted by atomic mass is 16.5. The molecule has 2 aromatic rings. The van der Waals surface area contributed by atoms with Gasteiger partial charge in [0.1, 0.15) is 17.4 Å². The minimum absolute atomic E-state index is 0.550. The summed E-state index contributed by atoms with van der Waals surface area (Å²) in [4.78, 5) is 8.34. The van der Waals surface area contributed by atoms with Crippen LogP contribution in [0.25, 0.3) is 0 Å². The van der Waals surface area contributed by atoms with Gasteiger partial charge in [-0.05, 0) is 19.1 Å². The monoisotopic (exact) mass is 219 g/mol. The second-order valence-electron chi connectivity index (χ2n) is 3.28. The van der Waals surface area contributed by atoms with Gasteiger partial charge in [0.25, 0.3) is 0 Å². The molecule has 2 rings (SSSR count). The number of nitrogens with one attached hydrogen (secondary N) is 1. The van der Waals surface area contributed by atoms with Crippen LogP contribution in [0.15, 0.2) is 28.9 Å².